The molecule has 0 saturated heterocycles. The lowest BCUT2D eigenvalue weighted by molar-refractivity contribution is 0.177. The number of benzene rings is 1. The number of nitrogens with zero attached hydrogens (tertiary/aromatic N) is 4. The molecule has 0 radical (unpaired) electrons. The first kappa shape index (κ1) is 21.8. The molecule has 2 N–H and O–H groups in total. The molecular formula is C17H23ClFIN6O. The molecule has 0 amide bonds. The Morgan fingerprint density at radius 3 is 3.00 bits per heavy atom. The third-order valence-electron chi connectivity index (χ3n) is 4.23. The maximum Gasteiger partial charge on any atom is 0.191 e. The van der Waals surface area contributed by atoms with Crippen LogP contribution < -0.4 is 10.6 Å². The van der Waals surface area contributed by atoms with Crippen molar-refractivity contribution < 1.29 is 9.13 Å². The van der Waals surface area contributed by atoms with Crippen molar-refractivity contribution in [3.63, 3.8) is 0 Å². The van der Waals surface area contributed by atoms with Crippen molar-refractivity contribution in [1.29, 1.82) is 0 Å². The second-order valence-corrected chi connectivity index (χ2v) is 6.47. The Kier molecular flexibility index (Phi) is 8.24. The minimum Gasteiger partial charge on any atom is -0.377 e. The zero-order valence-electron chi connectivity index (χ0n) is 15.2. The van der Waals surface area contributed by atoms with E-state index < -0.39 is 0 Å². The monoisotopic (exact) mass is 508 g/mol. The summed E-state index contributed by atoms with van der Waals surface area (Å²) in [5.74, 6) is 1.92. The van der Waals surface area contributed by atoms with Crippen LogP contribution in [0.25, 0.3) is 0 Å². The summed E-state index contributed by atoms with van der Waals surface area (Å²) < 4.78 is 20.9. The minimum atomic E-state index is -0.337. The molecule has 3 rings (SSSR count). The van der Waals surface area contributed by atoms with Gasteiger partial charge in [0.05, 0.1) is 6.54 Å². The number of aryl methyl sites for hydroxylation is 1. The Morgan fingerprint density at radius 2 is 2.30 bits per heavy atom. The van der Waals surface area contributed by atoms with Gasteiger partial charge in [0, 0.05) is 43.8 Å². The zero-order chi connectivity index (χ0) is 18.5. The van der Waals surface area contributed by atoms with Crippen molar-refractivity contribution >= 4 is 41.5 Å². The minimum absolute atomic E-state index is 0. The predicted octanol–water partition coefficient (Wildman–Crippen LogP) is 2.52. The van der Waals surface area contributed by atoms with Gasteiger partial charge in [-0.25, -0.2) is 14.1 Å². The molecule has 2 heterocycles. The van der Waals surface area contributed by atoms with Crippen LogP contribution in [-0.2, 0) is 30.9 Å². The second-order valence-electron chi connectivity index (χ2n) is 6.07. The molecule has 2 aromatic rings. The topological polar surface area (TPSA) is 76.4 Å². The van der Waals surface area contributed by atoms with Crippen molar-refractivity contribution in [2.75, 3.05) is 14.2 Å². The van der Waals surface area contributed by atoms with Gasteiger partial charge in [0.1, 0.15) is 18.2 Å². The summed E-state index contributed by atoms with van der Waals surface area (Å²) in [5, 5.41) is 11.3. The number of fused-ring (bicyclic) bond motifs is 1. The van der Waals surface area contributed by atoms with E-state index in [0.29, 0.717) is 35.5 Å². The van der Waals surface area contributed by atoms with E-state index in [1.807, 2.05) is 4.68 Å². The van der Waals surface area contributed by atoms with Gasteiger partial charge in [-0.05, 0) is 18.6 Å². The van der Waals surface area contributed by atoms with Gasteiger partial charge in [-0.3, -0.25) is 4.99 Å². The third-order valence-corrected chi connectivity index (χ3v) is 4.59. The number of halogens is 3. The maximum atomic E-state index is 13.9. The first-order chi connectivity index (χ1) is 12.6. The molecule has 1 aromatic heterocycles. The Bertz CT molecular complexity index is 779. The fourth-order valence-electron chi connectivity index (χ4n) is 2.93. The Hall–Kier alpha value is -1.46. The smallest absolute Gasteiger partial charge is 0.191 e. The highest BCUT2D eigenvalue weighted by Crippen LogP contribution is 2.18. The van der Waals surface area contributed by atoms with Gasteiger partial charge in [-0.1, -0.05) is 17.7 Å². The fourth-order valence-corrected chi connectivity index (χ4v) is 3.16. The highest BCUT2D eigenvalue weighted by Gasteiger charge is 2.22. The lowest BCUT2D eigenvalue weighted by Gasteiger charge is -2.25. The fraction of sp³-hybridized carbons (Fsp3) is 0.471. The summed E-state index contributed by atoms with van der Waals surface area (Å²) in [6.45, 7) is 1.35. The Labute approximate surface area is 179 Å². The van der Waals surface area contributed by atoms with Gasteiger partial charge in [0.25, 0.3) is 0 Å². The number of nitrogens with one attached hydrogen (secondary N) is 2. The number of ether oxygens (including phenoxy) is 1. The van der Waals surface area contributed by atoms with Crippen LogP contribution in [0, 0.1) is 5.82 Å². The lowest BCUT2D eigenvalue weighted by Crippen LogP contribution is -2.46. The number of guanidine groups is 1. The third kappa shape index (κ3) is 5.52. The van der Waals surface area contributed by atoms with Crippen LogP contribution in [0.4, 0.5) is 4.39 Å². The molecule has 0 aliphatic carbocycles. The molecular weight excluding hydrogens is 486 g/mol. The summed E-state index contributed by atoms with van der Waals surface area (Å²) in [6.07, 6.45) is 1.73. The van der Waals surface area contributed by atoms with Gasteiger partial charge >= 0.3 is 0 Å². The van der Waals surface area contributed by atoms with E-state index in [1.165, 1.54) is 6.07 Å². The Morgan fingerprint density at radius 1 is 1.48 bits per heavy atom. The zero-order valence-corrected chi connectivity index (χ0v) is 18.3. The molecule has 1 aromatic carbocycles. The second kappa shape index (κ2) is 10.2. The first-order valence-electron chi connectivity index (χ1n) is 8.42. The summed E-state index contributed by atoms with van der Waals surface area (Å²) >= 11 is 6.06. The molecule has 1 aliphatic heterocycles. The van der Waals surface area contributed by atoms with Crippen molar-refractivity contribution in [3.8, 4) is 0 Å². The van der Waals surface area contributed by atoms with E-state index in [0.717, 1.165) is 18.7 Å². The molecule has 10 heteroatoms. The Balaban J connectivity index is 0.00000261. The maximum absolute atomic E-state index is 13.9. The largest absolute Gasteiger partial charge is 0.377 e. The van der Waals surface area contributed by atoms with Crippen LogP contribution in [0.3, 0.4) is 0 Å². The summed E-state index contributed by atoms with van der Waals surface area (Å²) in [7, 11) is 3.31. The van der Waals surface area contributed by atoms with Crippen molar-refractivity contribution in [2.24, 2.45) is 4.99 Å². The van der Waals surface area contributed by atoms with Crippen molar-refractivity contribution in [3.05, 3.63) is 46.3 Å². The highest BCUT2D eigenvalue weighted by atomic mass is 127. The van der Waals surface area contributed by atoms with E-state index in [2.05, 4.69) is 25.7 Å². The number of hydrogen-bond acceptors (Lipinski definition) is 4. The van der Waals surface area contributed by atoms with Crippen LogP contribution in [0.15, 0.2) is 23.2 Å². The van der Waals surface area contributed by atoms with E-state index in [1.54, 1.807) is 26.3 Å². The average molecular weight is 509 g/mol. The van der Waals surface area contributed by atoms with Crippen LogP contribution in [0.2, 0.25) is 5.02 Å². The van der Waals surface area contributed by atoms with Gasteiger partial charge < -0.3 is 15.4 Å². The molecule has 0 bridgehead atoms. The van der Waals surface area contributed by atoms with E-state index in [9.17, 15) is 4.39 Å². The molecule has 7 nitrogen and oxygen atoms in total. The molecule has 0 spiro atoms. The van der Waals surface area contributed by atoms with Crippen molar-refractivity contribution in [1.82, 2.24) is 25.4 Å². The van der Waals surface area contributed by atoms with Crippen LogP contribution in [0.5, 0.6) is 0 Å². The summed E-state index contributed by atoms with van der Waals surface area (Å²) in [4.78, 5) is 8.68. The molecule has 1 unspecified atom stereocenters. The van der Waals surface area contributed by atoms with Gasteiger partial charge in [0.2, 0.25) is 0 Å². The van der Waals surface area contributed by atoms with Gasteiger partial charge in [-0.2, -0.15) is 5.10 Å². The number of methoxy groups -OCH3 is 1. The van der Waals surface area contributed by atoms with E-state index in [-0.39, 0.29) is 42.4 Å². The first-order valence-corrected chi connectivity index (χ1v) is 8.80. The molecule has 27 heavy (non-hydrogen) atoms. The molecule has 1 aliphatic rings. The lowest BCUT2D eigenvalue weighted by atomic mass is 10.1. The number of aliphatic imine (C=N–C) groups is 1. The SMILES string of the molecule is CN=C(NCc1c(F)cccc1Cl)NC1CCc2nc(COC)nn2C1.I. The summed E-state index contributed by atoms with van der Waals surface area (Å²) in [5.41, 5.74) is 0.420. The predicted molar refractivity (Wildman–Crippen MR) is 113 cm³/mol. The number of hydrogen-bond donors (Lipinski definition) is 2. The average Bonchev–Trinajstić information content (AvgIpc) is 3.02. The van der Waals surface area contributed by atoms with Gasteiger partial charge in [0.15, 0.2) is 11.8 Å². The van der Waals surface area contributed by atoms with Crippen LogP contribution in [-0.4, -0.2) is 40.9 Å². The number of rotatable bonds is 5. The standard InChI is InChI=1S/C17H22ClFN6O.HI/c1-20-17(21-8-12-13(18)4-3-5-14(12)19)22-11-6-7-16-23-15(10-26-2)24-25(16)9-11;/h3-5,11H,6-10H2,1-2H3,(H2,20,21,22);1H. The van der Waals surface area contributed by atoms with E-state index >= 15 is 0 Å². The number of aromatic nitrogens is 3. The highest BCUT2D eigenvalue weighted by molar-refractivity contribution is 14.0. The van der Waals surface area contributed by atoms with Gasteiger partial charge in [-0.15, -0.1) is 24.0 Å². The molecule has 1 atom stereocenters. The molecule has 148 valence electrons. The molecule has 0 fully saturated rings. The summed E-state index contributed by atoms with van der Waals surface area (Å²) in [6, 6.07) is 4.80. The van der Waals surface area contributed by atoms with Crippen LogP contribution >= 0.6 is 35.6 Å². The van der Waals surface area contributed by atoms with Crippen molar-refractivity contribution in [2.45, 2.75) is 38.6 Å². The molecule has 0 saturated carbocycles. The van der Waals surface area contributed by atoms with Crippen LogP contribution in [0.1, 0.15) is 23.6 Å². The quantitative estimate of drug-likeness (QED) is 0.369. The normalized spacial score (nSPS) is 16.4. The van der Waals surface area contributed by atoms with E-state index in [4.69, 9.17) is 16.3 Å².